The molecule has 0 heterocycles. The lowest BCUT2D eigenvalue weighted by atomic mass is 10.2. The maximum absolute atomic E-state index is 4.09. The van der Waals surface area contributed by atoms with Crippen LogP contribution in [0.3, 0.4) is 0 Å². The van der Waals surface area contributed by atoms with Crippen LogP contribution in [-0.4, -0.2) is 26.9 Å². The summed E-state index contributed by atoms with van der Waals surface area (Å²) in [6.45, 7) is 2.85. The maximum Gasteiger partial charge on any atom is 0.0361 e. The van der Waals surface area contributed by atoms with E-state index in [1.807, 2.05) is 57.6 Å². The number of anilines is 1. The monoisotopic (exact) mass is 254 g/mol. The van der Waals surface area contributed by atoms with E-state index >= 15 is 0 Å². The fourth-order valence-corrected chi connectivity index (χ4v) is 1.46. The van der Waals surface area contributed by atoms with Gasteiger partial charge in [-0.1, -0.05) is 42.5 Å². The summed E-state index contributed by atoms with van der Waals surface area (Å²) in [7, 11) is 4.09. The molecule has 0 aromatic heterocycles. The van der Waals surface area contributed by atoms with Gasteiger partial charge in [0.1, 0.15) is 0 Å². The quantitative estimate of drug-likeness (QED) is 0.554. The highest BCUT2D eigenvalue weighted by Gasteiger charge is 1.92. The number of aliphatic imine (C=N–C) groups is 1. The van der Waals surface area contributed by atoms with E-state index in [0.29, 0.717) is 0 Å². The molecule has 1 aromatic carbocycles. The molecular formula is C17H22N2. The molecule has 0 radical (unpaired) electrons. The normalized spacial score (nSPS) is 12.4. The summed E-state index contributed by atoms with van der Waals surface area (Å²) in [5.41, 5.74) is 2.41. The summed E-state index contributed by atoms with van der Waals surface area (Å²) < 4.78 is 0. The molecule has 1 rings (SSSR count). The summed E-state index contributed by atoms with van der Waals surface area (Å²) in [6.07, 6.45) is 13.8. The molecule has 2 heteroatoms. The number of benzene rings is 1. The highest BCUT2D eigenvalue weighted by molar-refractivity contribution is 5.71. The van der Waals surface area contributed by atoms with Crippen LogP contribution in [-0.2, 0) is 0 Å². The van der Waals surface area contributed by atoms with Gasteiger partial charge in [0.25, 0.3) is 0 Å². The Kier molecular flexibility index (Phi) is 7.03. The van der Waals surface area contributed by atoms with E-state index in [9.17, 15) is 0 Å². The van der Waals surface area contributed by atoms with Gasteiger partial charge in [0, 0.05) is 32.5 Å². The molecule has 0 atom stereocenters. The Bertz CT molecular complexity index is 463. The van der Waals surface area contributed by atoms with Gasteiger partial charge in [0.15, 0.2) is 0 Å². The molecular weight excluding hydrogens is 232 g/mol. The summed E-state index contributed by atoms with van der Waals surface area (Å²) >= 11 is 0. The lowest BCUT2D eigenvalue weighted by Crippen LogP contribution is -2.07. The lowest BCUT2D eigenvalue weighted by Gasteiger charge is -2.11. The second kappa shape index (κ2) is 8.92. The van der Waals surface area contributed by atoms with E-state index in [1.165, 1.54) is 11.3 Å². The molecule has 1 aromatic rings. The van der Waals surface area contributed by atoms with Crippen molar-refractivity contribution in [2.24, 2.45) is 4.99 Å². The van der Waals surface area contributed by atoms with Gasteiger partial charge in [-0.05, 0) is 30.7 Å². The first-order valence-corrected chi connectivity index (χ1v) is 6.51. The molecule has 0 bridgehead atoms. The van der Waals surface area contributed by atoms with Crippen molar-refractivity contribution in [3.05, 3.63) is 60.2 Å². The molecule has 2 nitrogen and oxygen atoms in total. The van der Waals surface area contributed by atoms with Crippen LogP contribution >= 0.6 is 0 Å². The highest BCUT2D eigenvalue weighted by atomic mass is 15.1. The van der Waals surface area contributed by atoms with Crippen molar-refractivity contribution >= 4 is 18.0 Å². The fourth-order valence-electron chi connectivity index (χ4n) is 1.46. The first kappa shape index (κ1) is 15.0. The van der Waals surface area contributed by atoms with E-state index in [1.54, 1.807) is 0 Å². The Balaban J connectivity index is 2.46. The number of allylic oxidation sites excluding steroid dienone is 5. The number of nitrogens with zero attached hydrogens (tertiary/aromatic N) is 2. The van der Waals surface area contributed by atoms with Gasteiger partial charge in [0.2, 0.25) is 0 Å². The number of hydrogen-bond donors (Lipinski definition) is 0. The molecule has 0 unspecified atom stereocenters. The summed E-state index contributed by atoms with van der Waals surface area (Å²) in [4.78, 5) is 6.19. The van der Waals surface area contributed by atoms with Gasteiger partial charge in [0.05, 0.1) is 0 Å². The minimum Gasteiger partial charge on any atom is -0.378 e. The minimum atomic E-state index is 0.830. The van der Waals surface area contributed by atoms with Gasteiger partial charge >= 0.3 is 0 Å². The van der Waals surface area contributed by atoms with Crippen LogP contribution in [0.15, 0.2) is 59.6 Å². The van der Waals surface area contributed by atoms with Crippen LogP contribution in [0.2, 0.25) is 0 Å². The number of hydrogen-bond acceptors (Lipinski definition) is 2. The molecule has 19 heavy (non-hydrogen) atoms. The summed E-state index contributed by atoms with van der Waals surface area (Å²) in [5, 5.41) is 0. The third-order valence-corrected chi connectivity index (χ3v) is 2.52. The molecule has 0 aliphatic rings. The molecule has 0 saturated carbocycles. The number of rotatable bonds is 6. The smallest absolute Gasteiger partial charge is 0.0361 e. The van der Waals surface area contributed by atoms with Crippen LogP contribution < -0.4 is 4.90 Å². The van der Waals surface area contributed by atoms with Gasteiger partial charge in [-0.3, -0.25) is 4.99 Å². The van der Waals surface area contributed by atoms with Gasteiger partial charge in [-0.2, -0.15) is 0 Å². The van der Waals surface area contributed by atoms with Gasteiger partial charge in [-0.25, -0.2) is 0 Å². The van der Waals surface area contributed by atoms with E-state index in [0.717, 1.165) is 6.54 Å². The fraction of sp³-hybridized carbons (Fsp3) is 0.235. The molecule has 0 saturated heterocycles. The van der Waals surface area contributed by atoms with Crippen molar-refractivity contribution in [3.8, 4) is 0 Å². The maximum atomic E-state index is 4.09. The zero-order valence-corrected chi connectivity index (χ0v) is 12.0. The van der Waals surface area contributed by atoms with Crippen LogP contribution in [0, 0.1) is 0 Å². The Morgan fingerprint density at radius 1 is 0.947 bits per heavy atom. The van der Waals surface area contributed by atoms with Gasteiger partial charge in [-0.15, -0.1) is 0 Å². The van der Waals surface area contributed by atoms with Crippen molar-refractivity contribution < 1.29 is 0 Å². The lowest BCUT2D eigenvalue weighted by molar-refractivity contribution is 1.13. The SMILES string of the molecule is CCN=C\C=C/C=C/C=C/c1ccc(N(C)C)cc1. The minimum absolute atomic E-state index is 0.830. The predicted molar refractivity (Wildman–Crippen MR) is 87.1 cm³/mol. The highest BCUT2D eigenvalue weighted by Crippen LogP contribution is 2.12. The second-order valence-electron chi connectivity index (χ2n) is 4.26. The van der Waals surface area contributed by atoms with Crippen LogP contribution in [0.1, 0.15) is 12.5 Å². The van der Waals surface area contributed by atoms with E-state index in [-0.39, 0.29) is 0 Å². The topological polar surface area (TPSA) is 15.6 Å². The Hall–Kier alpha value is -2.09. The first-order valence-electron chi connectivity index (χ1n) is 6.51. The van der Waals surface area contributed by atoms with Crippen LogP contribution in [0.5, 0.6) is 0 Å². The Labute approximate surface area is 116 Å². The molecule has 0 amide bonds. The van der Waals surface area contributed by atoms with Crippen molar-refractivity contribution in [2.75, 3.05) is 25.5 Å². The first-order chi connectivity index (χ1) is 9.24. The summed E-state index contributed by atoms with van der Waals surface area (Å²) in [6, 6.07) is 8.46. The molecule has 100 valence electrons. The van der Waals surface area contributed by atoms with Crippen molar-refractivity contribution in [1.29, 1.82) is 0 Å². The zero-order chi connectivity index (χ0) is 13.9. The standard InChI is InChI=1S/C17H22N2/c1-4-18-15-9-7-5-6-8-10-16-11-13-17(14-12-16)19(2)3/h5-15H,4H2,1-3H3/b6-5+,9-7-,10-8+,18-15?. The molecule has 0 N–H and O–H groups in total. The second-order valence-corrected chi connectivity index (χ2v) is 4.26. The third-order valence-electron chi connectivity index (χ3n) is 2.52. The molecule has 0 aliphatic carbocycles. The van der Waals surface area contributed by atoms with Crippen molar-refractivity contribution in [3.63, 3.8) is 0 Å². The average Bonchev–Trinajstić information content (AvgIpc) is 2.42. The zero-order valence-electron chi connectivity index (χ0n) is 12.0. The van der Waals surface area contributed by atoms with E-state index in [2.05, 4.69) is 40.2 Å². The average molecular weight is 254 g/mol. The predicted octanol–water partition coefficient (Wildman–Crippen LogP) is 3.97. The Morgan fingerprint density at radius 3 is 2.21 bits per heavy atom. The Morgan fingerprint density at radius 2 is 1.58 bits per heavy atom. The third kappa shape index (κ3) is 6.41. The summed E-state index contributed by atoms with van der Waals surface area (Å²) in [5.74, 6) is 0. The van der Waals surface area contributed by atoms with E-state index in [4.69, 9.17) is 0 Å². The largest absolute Gasteiger partial charge is 0.378 e. The molecule has 0 fully saturated rings. The van der Waals surface area contributed by atoms with E-state index < -0.39 is 0 Å². The molecule has 0 spiro atoms. The van der Waals surface area contributed by atoms with Crippen LogP contribution in [0.25, 0.3) is 6.08 Å². The van der Waals surface area contributed by atoms with Crippen LogP contribution in [0.4, 0.5) is 5.69 Å². The van der Waals surface area contributed by atoms with Crippen molar-refractivity contribution in [1.82, 2.24) is 0 Å². The molecule has 0 aliphatic heterocycles. The van der Waals surface area contributed by atoms with Gasteiger partial charge < -0.3 is 4.90 Å². The van der Waals surface area contributed by atoms with Crippen molar-refractivity contribution in [2.45, 2.75) is 6.92 Å².